The van der Waals surface area contributed by atoms with Crippen LogP contribution >= 0.6 is 0 Å². The van der Waals surface area contributed by atoms with E-state index in [9.17, 15) is 4.39 Å². The molecule has 102 valence electrons. The third-order valence-corrected chi connectivity index (χ3v) is 2.98. The second-order valence-electron chi connectivity index (χ2n) is 4.83. The van der Waals surface area contributed by atoms with Gasteiger partial charge in [0.25, 0.3) is 0 Å². The normalized spacial score (nSPS) is 12.4. The molecule has 2 rings (SSSR count). The van der Waals surface area contributed by atoms with Crippen LogP contribution in [0.2, 0.25) is 0 Å². The molecule has 0 bridgehead atoms. The van der Waals surface area contributed by atoms with E-state index in [1.165, 1.54) is 6.07 Å². The molecule has 0 saturated heterocycles. The number of nitrogens with one attached hydrogen (secondary N) is 1. The van der Waals surface area contributed by atoms with Crippen LogP contribution in [-0.4, -0.2) is 15.8 Å². The van der Waals surface area contributed by atoms with Crippen LogP contribution in [0.4, 0.5) is 10.1 Å². The number of halogens is 1. The summed E-state index contributed by atoms with van der Waals surface area (Å²) in [4.78, 5) is 0. The molecule has 0 radical (unpaired) electrons. The van der Waals surface area contributed by atoms with Gasteiger partial charge in [0.05, 0.1) is 11.9 Å². The number of hydrogen-bond acceptors (Lipinski definition) is 2. The second kappa shape index (κ2) is 6.36. The van der Waals surface area contributed by atoms with Crippen LogP contribution in [0.5, 0.6) is 0 Å². The molecule has 19 heavy (non-hydrogen) atoms. The summed E-state index contributed by atoms with van der Waals surface area (Å²) in [6, 6.07) is 7.07. The minimum Gasteiger partial charge on any atom is -0.380 e. The molecule has 1 N–H and O–H groups in total. The molecule has 0 fully saturated rings. The Morgan fingerprint density at radius 2 is 2.16 bits per heavy atom. The third kappa shape index (κ3) is 3.81. The molecule has 1 aromatic carbocycles. The third-order valence-electron chi connectivity index (χ3n) is 2.98. The number of aryl methyl sites for hydroxylation is 1. The molecule has 0 aliphatic carbocycles. The summed E-state index contributed by atoms with van der Waals surface area (Å²) in [5.41, 5.74) is 1.72. The molecule has 1 atom stereocenters. The van der Waals surface area contributed by atoms with Crippen molar-refractivity contribution in [3.8, 4) is 0 Å². The zero-order valence-corrected chi connectivity index (χ0v) is 11.4. The van der Waals surface area contributed by atoms with Gasteiger partial charge in [0, 0.05) is 18.8 Å². The number of benzene rings is 1. The lowest BCUT2D eigenvalue weighted by atomic mass is 10.1. The van der Waals surface area contributed by atoms with E-state index in [2.05, 4.69) is 17.3 Å². The van der Waals surface area contributed by atoms with E-state index in [1.807, 2.05) is 36.1 Å². The number of hydrogen-bond donors (Lipinski definition) is 1. The van der Waals surface area contributed by atoms with Gasteiger partial charge < -0.3 is 5.32 Å². The van der Waals surface area contributed by atoms with Crippen LogP contribution in [0.15, 0.2) is 36.7 Å². The fraction of sp³-hybridized carbons (Fsp3) is 0.400. The Hall–Kier alpha value is -1.84. The highest BCUT2D eigenvalue weighted by Crippen LogP contribution is 2.13. The molecule has 0 spiro atoms. The summed E-state index contributed by atoms with van der Waals surface area (Å²) in [6.07, 6.45) is 5.52. The van der Waals surface area contributed by atoms with Crippen LogP contribution in [0.25, 0.3) is 0 Å². The van der Waals surface area contributed by atoms with E-state index in [-0.39, 0.29) is 11.9 Å². The molecular weight excluding hydrogens is 241 g/mol. The molecular formula is C15H20FN3. The first-order valence-electron chi connectivity index (χ1n) is 6.71. The molecule has 1 heterocycles. The highest BCUT2D eigenvalue weighted by atomic mass is 19.1. The van der Waals surface area contributed by atoms with Gasteiger partial charge in [-0.3, -0.25) is 4.68 Å². The van der Waals surface area contributed by atoms with E-state index < -0.39 is 0 Å². The summed E-state index contributed by atoms with van der Waals surface area (Å²) in [5, 5.41) is 7.61. The number of nitrogens with zero attached hydrogens (tertiary/aromatic N) is 2. The molecule has 3 nitrogen and oxygen atoms in total. The highest BCUT2D eigenvalue weighted by Gasteiger charge is 2.08. The predicted octanol–water partition coefficient (Wildman–Crippen LogP) is 3.48. The Balaban J connectivity index is 1.93. The Bertz CT molecular complexity index is 522. The summed E-state index contributed by atoms with van der Waals surface area (Å²) < 4.78 is 15.5. The van der Waals surface area contributed by atoms with Crippen LogP contribution in [0.1, 0.15) is 25.8 Å². The minimum absolute atomic E-state index is 0.141. The monoisotopic (exact) mass is 261 g/mol. The second-order valence-corrected chi connectivity index (χ2v) is 4.83. The van der Waals surface area contributed by atoms with Crippen LogP contribution in [0.3, 0.4) is 0 Å². The molecule has 0 unspecified atom stereocenters. The zero-order chi connectivity index (χ0) is 13.7. The molecule has 4 heteroatoms. The Kier molecular flexibility index (Phi) is 4.55. The summed E-state index contributed by atoms with van der Waals surface area (Å²) in [5.74, 6) is -0.141. The standard InChI is InChI=1S/C15H20FN3/c1-3-8-19-11-14(10-17-19)18-12(2)9-13-6-4-5-7-15(13)16/h4-7,10-12,18H,3,8-9H2,1-2H3/t12-/m1/s1. The smallest absolute Gasteiger partial charge is 0.126 e. The molecule has 0 aliphatic rings. The van der Waals surface area contributed by atoms with Gasteiger partial charge in [0.2, 0.25) is 0 Å². The van der Waals surface area contributed by atoms with Crippen molar-refractivity contribution >= 4 is 5.69 Å². The highest BCUT2D eigenvalue weighted by molar-refractivity contribution is 5.39. The van der Waals surface area contributed by atoms with Crippen molar-refractivity contribution in [3.63, 3.8) is 0 Å². The van der Waals surface area contributed by atoms with Crippen molar-refractivity contribution in [2.24, 2.45) is 0 Å². The fourth-order valence-electron chi connectivity index (χ4n) is 2.12. The first-order chi connectivity index (χ1) is 9.19. The van der Waals surface area contributed by atoms with E-state index in [1.54, 1.807) is 6.07 Å². The maximum atomic E-state index is 13.5. The summed E-state index contributed by atoms with van der Waals surface area (Å²) in [7, 11) is 0. The fourth-order valence-corrected chi connectivity index (χ4v) is 2.12. The quantitative estimate of drug-likeness (QED) is 0.862. The molecule has 0 aliphatic heterocycles. The van der Waals surface area contributed by atoms with Gasteiger partial charge in [-0.15, -0.1) is 0 Å². The number of rotatable bonds is 6. The van der Waals surface area contributed by atoms with Crippen LogP contribution < -0.4 is 5.32 Å². The van der Waals surface area contributed by atoms with Crippen molar-refractivity contribution < 1.29 is 4.39 Å². The van der Waals surface area contributed by atoms with Crippen LogP contribution in [0, 0.1) is 5.82 Å². The van der Waals surface area contributed by atoms with E-state index in [4.69, 9.17) is 0 Å². The Labute approximate surface area is 113 Å². The van der Waals surface area contributed by atoms with Crippen molar-refractivity contribution in [2.75, 3.05) is 5.32 Å². The molecule has 1 aromatic heterocycles. The lowest BCUT2D eigenvalue weighted by molar-refractivity contribution is 0.600. The van der Waals surface area contributed by atoms with Gasteiger partial charge >= 0.3 is 0 Å². The van der Waals surface area contributed by atoms with Gasteiger partial charge in [-0.1, -0.05) is 25.1 Å². The average Bonchev–Trinajstić information content (AvgIpc) is 2.80. The Morgan fingerprint density at radius 1 is 1.37 bits per heavy atom. The average molecular weight is 261 g/mol. The SMILES string of the molecule is CCCn1cc(N[C@H](C)Cc2ccccc2F)cn1. The Morgan fingerprint density at radius 3 is 2.89 bits per heavy atom. The van der Waals surface area contributed by atoms with Gasteiger partial charge in [0.1, 0.15) is 5.82 Å². The van der Waals surface area contributed by atoms with Crippen molar-refractivity contribution in [3.05, 3.63) is 48.0 Å². The van der Waals surface area contributed by atoms with Crippen LogP contribution in [-0.2, 0) is 13.0 Å². The zero-order valence-electron chi connectivity index (χ0n) is 11.4. The molecule has 2 aromatic rings. The summed E-state index contributed by atoms with van der Waals surface area (Å²) in [6.45, 7) is 5.09. The molecule has 0 amide bonds. The topological polar surface area (TPSA) is 29.9 Å². The summed E-state index contributed by atoms with van der Waals surface area (Å²) >= 11 is 0. The van der Waals surface area contributed by atoms with Crippen molar-refractivity contribution in [1.82, 2.24) is 9.78 Å². The lowest BCUT2D eigenvalue weighted by Crippen LogP contribution is -2.18. The minimum atomic E-state index is -0.141. The lowest BCUT2D eigenvalue weighted by Gasteiger charge is -2.14. The van der Waals surface area contributed by atoms with Gasteiger partial charge in [-0.05, 0) is 31.4 Å². The first kappa shape index (κ1) is 13.6. The maximum absolute atomic E-state index is 13.5. The number of aromatic nitrogens is 2. The van der Waals surface area contributed by atoms with E-state index >= 15 is 0 Å². The van der Waals surface area contributed by atoms with Crippen molar-refractivity contribution in [1.29, 1.82) is 0 Å². The van der Waals surface area contributed by atoms with Crippen molar-refractivity contribution in [2.45, 2.75) is 39.3 Å². The first-order valence-corrected chi connectivity index (χ1v) is 6.71. The van der Waals surface area contributed by atoms with Gasteiger partial charge in [-0.2, -0.15) is 5.10 Å². The maximum Gasteiger partial charge on any atom is 0.126 e. The van der Waals surface area contributed by atoms with Gasteiger partial charge in [0.15, 0.2) is 0 Å². The number of anilines is 1. The largest absolute Gasteiger partial charge is 0.380 e. The van der Waals surface area contributed by atoms with E-state index in [0.29, 0.717) is 6.42 Å². The predicted molar refractivity (Wildman–Crippen MR) is 75.7 cm³/mol. The van der Waals surface area contributed by atoms with E-state index in [0.717, 1.165) is 24.2 Å². The molecule has 0 saturated carbocycles. The van der Waals surface area contributed by atoms with Gasteiger partial charge in [-0.25, -0.2) is 4.39 Å².